The largest absolute Gasteiger partial charge is 0.416 e. The Kier molecular flexibility index (Phi) is 4.77. The summed E-state index contributed by atoms with van der Waals surface area (Å²) in [6.45, 7) is 1.50. The van der Waals surface area contributed by atoms with Crippen molar-refractivity contribution in [2.45, 2.75) is 13.1 Å². The molecule has 21 heavy (non-hydrogen) atoms. The van der Waals surface area contributed by atoms with Crippen molar-refractivity contribution >= 4 is 44.3 Å². The van der Waals surface area contributed by atoms with Crippen LogP contribution in [-0.2, 0) is 6.18 Å². The maximum absolute atomic E-state index is 12.6. The highest BCUT2D eigenvalue weighted by atomic mass is 127. The molecule has 0 N–H and O–H groups in total. The molecule has 0 saturated carbocycles. The fourth-order valence-corrected chi connectivity index (χ4v) is 2.83. The Morgan fingerprint density at radius 3 is 2.33 bits per heavy atom. The van der Waals surface area contributed by atoms with Crippen LogP contribution in [0.25, 0.3) is 0 Å². The fourth-order valence-electron chi connectivity index (χ4n) is 1.91. The normalized spacial score (nSPS) is 11.5. The van der Waals surface area contributed by atoms with Gasteiger partial charge in [-0.1, -0.05) is 22.0 Å². The van der Waals surface area contributed by atoms with Gasteiger partial charge in [-0.2, -0.15) is 13.2 Å². The molecule has 0 atom stereocenters. The minimum absolute atomic E-state index is 0.269. The lowest BCUT2D eigenvalue weighted by Crippen LogP contribution is -2.09. The molecule has 0 heterocycles. The summed E-state index contributed by atoms with van der Waals surface area (Å²) >= 11 is 5.37. The summed E-state index contributed by atoms with van der Waals surface area (Å²) in [5, 5.41) is 0. The highest BCUT2D eigenvalue weighted by molar-refractivity contribution is 14.1. The molecule has 6 heteroatoms. The Morgan fingerprint density at radius 2 is 1.76 bits per heavy atom. The molecule has 0 aliphatic rings. The number of ketones is 1. The zero-order valence-electron chi connectivity index (χ0n) is 10.8. The molecule has 0 radical (unpaired) electrons. The van der Waals surface area contributed by atoms with E-state index in [4.69, 9.17) is 0 Å². The first-order valence-electron chi connectivity index (χ1n) is 5.88. The maximum atomic E-state index is 12.6. The second-order valence-electron chi connectivity index (χ2n) is 4.48. The summed E-state index contributed by atoms with van der Waals surface area (Å²) in [7, 11) is 0. The Morgan fingerprint density at radius 1 is 1.10 bits per heavy atom. The molecule has 0 saturated heterocycles. The summed E-state index contributed by atoms with van der Waals surface area (Å²) < 4.78 is 39.4. The van der Waals surface area contributed by atoms with E-state index in [1.807, 2.05) is 6.07 Å². The van der Waals surface area contributed by atoms with E-state index in [1.54, 1.807) is 12.1 Å². The number of alkyl halides is 3. The number of halogens is 5. The first-order chi connectivity index (χ1) is 9.70. The van der Waals surface area contributed by atoms with Crippen LogP contribution in [0, 0.1) is 10.5 Å². The highest BCUT2D eigenvalue weighted by Gasteiger charge is 2.31. The van der Waals surface area contributed by atoms with Gasteiger partial charge < -0.3 is 0 Å². The molecular formula is C15H9BrF3IO. The lowest BCUT2D eigenvalue weighted by molar-refractivity contribution is -0.137. The van der Waals surface area contributed by atoms with Crippen LogP contribution in [-0.4, -0.2) is 5.78 Å². The molecular weight excluding hydrogens is 460 g/mol. The first kappa shape index (κ1) is 16.5. The van der Waals surface area contributed by atoms with Crippen molar-refractivity contribution in [1.29, 1.82) is 0 Å². The third kappa shape index (κ3) is 3.66. The van der Waals surface area contributed by atoms with E-state index >= 15 is 0 Å². The van der Waals surface area contributed by atoms with Gasteiger partial charge in [-0.25, -0.2) is 0 Å². The van der Waals surface area contributed by atoms with Crippen molar-refractivity contribution in [1.82, 2.24) is 0 Å². The number of aryl methyl sites for hydroxylation is 1. The SMILES string of the molecule is Cc1cc(C(F)(F)F)ccc1C(=O)c1cc(I)ccc1Br. The predicted molar refractivity (Wildman–Crippen MR) is 86.5 cm³/mol. The van der Waals surface area contributed by atoms with Gasteiger partial charge in [0.1, 0.15) is 0 Å². The number of hydrogen-bond acceptors (Lipinski definition) is 1. The molecule has 0 aliphatic heterocycles. The molecule has 0 fully saturated rings. The zero-order valence-corrected chi connectivity index (χ0v) is 14.5. The molecule has 2 rings (SSSR count). The number of carbonyl (C=O) groups excluding carboxylic acids is 1. The third-order valence-corrected chi connectivity index (χ3v) is 4.33. The van der Waals surface area contributed by atoms with Gasteiger partial charge in [-0.3, -0.25) is 4.79 Å². The Balaban J connectivity index is 2.47. The van der Waals surface area contributed by atoms with Crippen LogP contribution in [0.4, 0.5) is 13.2 Å². The molecule has 1 nitrogen and oxygen atoms in total. The molecule has 0 aliphatic carbocycles. The van der Waals surface area contributed by atoms with Crippen LogP contribution in [0.15, 0.2) is 40.9 Å². The number of rotatable bonds is 2. The van der Waals surface area contributed by atoms with Crippen LogP contribution in [0.1, 0.15) is 27.0 Å². The van der Waals surface area contributed by atoms with Gasteiger partial charge in [-0.15, -0.1) is 0 Å². The van der Waals surface area contributed by atoms with Crippen LogP contribution in [0.5, 0.6) is 0 Å². The molecule has 0 bridgehead atoms. The smallest absolute Gasteiger partial charge is 0.289 e. The molecule has 0 unspecified atom stereocenters. The molecule has 2 aromatic rings. The first-order valence-corrected chi connectivity index (χ1v) is 7.75. The lowest BCUT2D eigenvalue weighted by Gasteiger charge is -2.11. The lowest BCUT2D eigenvalue weighted by atomic mass is 9.97. The van der Waals surface area contributed by atoms with Gasteiger partial charge in [0, 0.05) is 19.2 Å². The predicted octanol–water partition coefficient (Wildman–Crippen LogP) is 5.61. The maximum Gasteiger partial charge on any atom is 0.416 e. The van der Waals surface area contributed by atoms with E-state index in [9.17, 15) is 18.0 Å². The molecule has 0 spiro atoms. The van der Waals surface area contributed by atoms with Crippen molar-refractivity contribution in [3.63, 3.8) is 0 Å². The Hall–Kier alpha value is -0.890. The molecule has 0 aromatic heterocycles. The van der Waals surface area contributed by atoms with Gasteiger partial charge in [0.05, 0.1) is 5.56 Å². The molecule has 0 amide bonds. The summed E-state index contributed by atoms with van der Waals surface area (Å²) in [5.41, 5.74) is 0.259. The van der Waals surface area contributed by atoms with Gasteiger partial charge in [0.15, 0.2) is 5.78 Å². The Labute approximate surface area is 141 Å². The molecule has 110 valence electrons. The van der Waals surface area contributed by atoms with Crippen molar-refractivity contribution < 1.29 is 18.0 Å². The van der Waals surface area contributed by atoms with Crippen LogP contribution in [0.3, 0.4) is 0 Å². The second kappa shape index (κ2) is 6.08. The van der Waals surface area contributed by atoms with E-state index in [1.165, 1.54) is 13.0 Å². The highest BCUT2D eigenvalue weighted by Crippen LogP contribution is 2.31. The minimum Gasteiger partial charge on any atom is -0.289 e. The average molecular weight is 469 g/mol. The van der Waals surface area contributed by atoms with Gasteiger partial charge in [0.25, 0.3) is 0 Å². The monoisotopic (exact) mass is 468 g/mol. The van der Waals surface area contributed by atoms with E-state index in [0.29, 0.717) is 15.6 Å². The van der Waals surface area contributed by atoms with E-state index < -0.39 is 11.7 Å². The van der Waals surface area contributed by atoms with Crippen molar-refractivity contribution in [3.8, 4) is 0 Å². The van der Waals surface area contributed by atoms with E-state index in [0.717, 1.165) is 15.7 Å². The topological polar surface area (TPSA) is 17.1 Å². The number of hydrogen-bond donors (Lipinski definition) is 0. The second-order valence-corrected chi connectivity index (χ2v) is 6.58. The fraction of sp³-hybridized carbons (Fsp3) is 0.133. The van der Waals surface area contributed by atoms with Gasteiger partial charge in [-0.05, 0) is 65.4 Å². The van der Waals surface area contributed by atoms with E-state index in [2.05, 4.69) is 38.5 Å². The molecule has 2 aromatic carbocycles. The number of carbonyl (C=O) groups is 1. The quantitative estimate of drug-likeness (QED) is 0.413. The minimum atomic E-state index is -4.41. The van der Waals surface area contributed by atoms with Crippen molar-refractivity contribution in [2.24, 2.45) is 0 Å². The van der Waals surface area contributed by atoms with E-state index in [-0.39, 0.29) is 11.3 Å². The van der Waals surface area contributed by atoms with Crippen LogP contribution < -0.4 is 0 Å². The van der Waals surface area contributed by atoms with Crippen LogP contribution in [0.2, 0.25) is 0 Å². The standard InChI is InChI=1S/C15H9BrF3IO/c1-8-6-9(15(17,18)19)2-4-11(8)14(21)12-7-10(20)3-5-13(12)16/h2-7H,1H3. The summed E-state index contributed by atoms with van der Waals surface area (Å²) in [6, 6.07) is 8.43. The summed E-state index contributed by atoms with van der Waals surface area (Å²) in [5.74, 6) is -0.299. The van der Waals surface area contributed by atoms with Crippen molar-refractivity contribution in [2.75, 3.05) is 0 Å². The third-order valence-electron chi connectivity index (χ3n) is 2.97. The number of benzene rings is 2. The average Bonchev–Trinajstić information content (AvgIpc) is 2.39. The van der Waals surface area contributed by atoms with Gasteiger partial charge in [0.2, 0.25) is 0 Å². The van der Waals surface area contributed by atoms with Crippen molar-refractivity contribution in [3.05, 3.63) is 66.7 Å². The summed E-state index contributed by atoms with van der Waals surface area (Å²) in [4.78, 5) is 12.5. The Bertz CT molecular complexity index is 711. The van der Waals surface area contributed by atoms with Gasteiger partial charge >= 0.3 is 6.18 Å². The summed E-state index contributed by atoms with van der Waals surface area (Å²) in [6.07, 6.45) is -4.41. The zero-order chi connectivity index (χ0) is 15.8. The van der Waals surface area contributed by atoms with Crippen LogP contribution >= 0.6 is 38.5 Å².